The number of aliphatic hydroxyl groups excluding tert-OH is 1. The van der Waals surface area contributed by atoms with E-state index in [4.69, 9.17) is 0 Å². The van der Waals surface area contributed by atoms with E-state index in [9.17, 15) is 23.1 Å². The molecule has 1 amide bonds. The van der Waals surface area contributed by atoms with Gasteiger partial charge in [0.2, 0.25) is 5.91 Å². The lowest BCUT2D eigenvalue weighted by Crippen LogP contribution is -2.14. The number of alkyl halides is 3. The van der Waals surface area contributed by atoms with E-state index in [0.717, 1.165) is 5.56 Å². The smallest absolute Gasteiger partial charge is 0.388 e. The first kappa shape index (κ1) is 13.9. The van der Waals surface area contributed by atoms with Gasteiger partial charge in [0.15, 0.2) is 0 Å². The highest BCUT2D eigenvalue weighted by atomic mass is 19.4. The van der Waals surface area contributed by atoms with Crippen LogP contribution in [0.1, 0.15) is 36.5 Å². The molecule has 0 aliphatic carbocycles. The molecule has 1 aliphatic rings. The van der Waals surface area contributed by atoms with Crippen molar-refractivity contribution in [3.63, 3.8) is 0 Å². The Hall–Kier alpha value is -1.56. The fourth-order valence-corrected chi connectivity index (χ4v) is 2.14. The second kappa shape index (κ2) is 5.21. The zero-order chi connectivity index (χ0) is 14.0. The van der Waals surface area contributed by atoms with Crippen LogP contribution in [0.15, 0.2) is 18.2 Å². The average Bonchev–Trinajstić information content (AvgIpc) is 2.46. The van der Waals surface area contributed by atoms with Crippen LogP contribution in [0.2, 0.25) is 0 Å². The van der Waals surface area contributed by atoms with Crippen LogP contribution in [-0.2, 0) is 11.2 Å². The molecule has 2 N–H and O–H groups in total. The van der Waals surface area contributed by atoms with Crippen molar-refractivity contribution >= 4 is 11.6 Å². The Labute approximate surface area is 108 Å². The molecule has 1 aromatic rings. The van der Waals surface area contributed by atoms with Crippen molar-refractivity contribution in [3.05, 3.63) is 29.3 Å². The fraction of sp³-hybridized carbons (Fsp3) is 0.462. The maximum Gasteiger partial charge on any atom is 0.391 e. The number of halogens is 3. The number of carbonyl (C=O) groups is 1. The Kier molecular flexibility index (Phi) is 3.80. The molecule has 0 radical (unpaired) electrons. The van der Waals surface area contributed by atoms with E-state index in [2.05, 4.69) is 5.32 Å². The number of hydrogen-bond acceptors (Lipinski definition) is 2. The van der Waals surface area contributed by atoms with Crippen LogP contribution < -0.4 is 5.32 Å². The van der Waals surface area contributed by atoms with Crippen LogP contribution in [0.4, 0.5) is 18.9 Å². The van der Waals surface area contributed by atoms with E-state index in [-0.39, 0.29) is 11.5 Å². The summed E-state index contributed by atoms with van der Waals surface area (Å²) in [5.74, 6) is -0.0951. The average molecular weight is 273 g/mol. The highest BCUT2D eigenvalue weighted by Crippen LogP contribution is 2.32. The molecule has 1 aliphatic heterocycles. The largest absolute Gasteiger partial charge is 0.391 e. The monoisotopic (exact) mass is 273 g/mol. The van der Waals surface area contributed by atoms with Gasteiger partial charge in [-0.25, -0.2) is 0 Å². The third kappa shape index (κ3) is 3.70. The van der Waals surface area contributed by atoms with Crippen LogP contribution in [0.3, 0.4) is 0 Å². The number of amides is 1. The van der Waals surface area contributed by atoms with E-state index in [1.54, 1.807) is 6.07 Å². The second-order valence-electron chi connectivity index (χ2n) is 4.65. The molecule has 1 unspecified atom stereocenters. The van der Waals surface area contributed by atoms with Gasteiger partial charge in [-0.15, -0.1) is 0 Å². The number of anilines is 1. The molecule has 0 fully saturated rings. The van der Waals surface area contributed by atoms with Gasteiger partial charge in [-0.1, -0.05) is 12.1 Å². The first-order valence-corrected chi connectivity index (χ1v) is 6.02. The molecular formula is C13H14F3NO2. The minimum absolute atomic E-state index is 0.0951. The fourth-order valence-electron chi connectivity index (χ4n) is 2.14. The summed E-state index contributed by atoms with van der Waals surface area (Å²) in [5.41, 5.74) is 1.61. The Morgan fingerprint density at radius 1 is 1.32 bits per heavy atom. The third-order valence-electron chi connectivity index (χ3n) is 3.06. The van der Waals surface area contributed by atoms with Gasteiger partial charge < -0.3 is 10.4 Å². The molecule has 19 heavy (non-hydrogen) atoms. The molecule has 1 atom stereocenters. The number of fused-ring (bicyclic) bond motifs is 1. The van der Waals surface area contributed by atoms with Crippen molar-refractivity contribution in [2.45, 2.75) is 38.0 Å². The minimum atomic E-state index is -4.40. The lowest BCUT2D eigenvalue weighted by Gasteiger charge is -2.15. The van der Waals surface area contributed by atoms with E-state index in [1.807, 2.05) is 0 Å². The standard InChI is InChI=1S/C13H14F3NO2/c14-13(15,16)7-11(18)9-4-5-10-8(6-9)2-1-3-12(19)17-10/h4-6,11,18H,1-3,7H2,(H,17,19). The maximum atomic E-state index is 12.2. The zero-order valence-electron chi connectivity index (χ0n) is 10.1. The molecule has 2 rings (SSSR count). The Bertz CT molecular complexity index is 485. The lowest BCUT2D eigenvalue weighted by molar-refractivity contribution is -0.154. The molecule has 0 saturated heterocycles. The summed E-state index contributed by atoms with van der Waals surface area (Å²) < 4.78 is 36.7. The number of benzene rings is 1. The van der Waals surface area contributed by atoms with E-state index >= 15 is 0 Å². The van der Waals surface area contributed by atoms with Gasteiger partial charge in [-0.2, -0.15) is 13.2 Å². The molecule has 0 saturated carbocycles. The highest BCUT2D eigenvalue weighted by molar-refractivity contribution is 5.92. The van der Waals surface area contributed by atoms with Crippen LogP contribution in [0, 0.1) is 0 Å². The number of carbonyl (C=O) groups excluding carboxylic acids is 1. The number of aryl methyl sites for hydroxylation is 1. The van der Waals surface area contributed by atoms with E-state index in [1.165, 1.54) is 12.1 Å². The van der Waals surface area contributed by atoms with Crippen molar-refractivity contribution in [1.29, 1.82) is 0 Å². The van der Waals surface area contributed by atoms with Gasteiger partial charge in [0.1, 0.15) is 0 Å². The topological polar surface area (TPSA) is 49.3 Å². The first-order chi connectivity index (χ1) is 8.85. The second-order valence-corrected chi connectivity index (χ2v) is 4.65. The zero-order valence-corrected chi connectivity index (χ0v) is 10.1. The summed E-state index contributed by atoms with van der Waals surface area (Å²) >= 11 is 0. The van der Waals surface area contributed by atoms with Crippen LogP contribution in [-0.4, -0.2) is 17.2 Å². The summed E-state index contributed by atoms with van der Waals surface area (Å²) in [7, 11) is 0. The Morgan fingerprint density at radius 2 is 2.05 bits per heavy atom. The molecule has 104 valence electrons. The summed E-state index contributed by atoms with van der Waals surface area (Å²) in [4.78, 5) is 11.3. The van der Waals surface area contributed by atoms with Crippen molar-refractivity contribution in [3.8, 4) is 0 Å². The molecule has 6 heteroatoms. The predicted molar refractivity (Wildman–Crippen MR) is 63.6 cm³/mol. The summed E-state index contributed by atoms with van der Waals surface area (Å²) in [6, 6.07) is 4.51. The molecule has 3 nitrogen and oxygen atoms in total. The first-order valence-electron chi connectivity index (χ1n) is 6.02. The number of hydrogen-bond donors (Lipinski definition) is 2. The predicted octanol–water partition coefficient (Wildman–Crippen LogP) is 2.95. The van der Waals surface area contributed by atoms with Crippen LogP contribution in [0.5, 0.6) is 0 Å². The van der Waals surface area contributed by atoms with Crippen molar-refractivity contribution < 1.29 is 23.1 Å². The minimum Gasteiger partial charge on any atom is -0.388 e. The summed E-state index contributed by atoms with van der Waals surface area (Å²) in [6.45, 7) is 0. The molecule has 0 aromatic heterocycles. The maximum absolute atomic E-state index is 12.2. The quantitative estimate of drug-likeness (QED) is 0.870. The van der Waals surface area contributed by atoms with Crippen LogP contribution >= 0.6 is 0 Å². The van der Waals surface area contributed by atoms with Gasteiger partial charge in [-0.05, 0) is 30.0 Å². The lowest BCUT2D eigenvalue weighted by atomic mass is 10.00. The number of aliphatic hydroxyl groups is 1. The van der Waals surface area contributed by atoms with Gasteiger partial charge >= 0.3 is 6.18 Å². The van der Waals surface area contributed by atoms with Gasteiger partial charge in [-0.3, -0.25) is 4.79 Å². The summed E-state index contributed by atoms with van der Waals surface area (Å²) in [5, 5.41) is 12.3. The van der Waals surface area contributed by atoms with Crippen molar-refractivity contribution in [2.75, 3.05) is 5.32 Å². The Balaban J connectivity index is 2.21. The molecule has 0 bridgehead atoms. The van der Waals surface area contributed by atoms with Gasteiger partial charge in [0.25, 0.3) is 0 Å². The van der Waals surface area contributed by atoms with Gasteiger partial charge in [0.05, 0.1) is 12.5 Å². The Morgan fingerprint density at radius 3 is 2.74 bits per heavy atom. The van der Waals surface area contributed by atoms with Crippen molar-refractivity contribution in [2.24, 2.45) is 0 Å². The molecule has 1 heterocycles. The van der Waals surface area contributed by atoms with Crippen molar-refractivity contribution in [1.82, 2.24) is 0 Å². The van der Waals surface area contributed by atoms with E-state index < -0.39 is 18.7 Å². The normalized spacial score (nSPS) is 17.4. The number of rotatable bonds is 2. The van der Waals surface area contributed by atoms with Gasteiger partial charge in [0, 0.05) is 12.1 Å². The SMILES string of the molecule is O=C1CCCc2cc(C(O)CC(F)(F)F)ccc2N1. The highest BCUT2D eigenvalue weighted by Gasteiger charge is 2.32. The third-order valence-corrected chi connectivity index (χ3v) is 3.06. The molecule has 0 spiro atoms. The van der Waals surface area contributed by atoms with E-state index in [0.29, 0.717) is 24.9 Å². The summed E-state index contributed by atoms with van der Waals surface area (Å²) in [6.07, 6.45) is -5.57. The number of nitrogens with one attached hydrogen (secondary N) is 1. The van der Waals surface area contributed by atoms with Crippen LogP contribution in [0.25, 0.3) is 0 Å². The molecule has 1 aromatic carbocycles. The molecular weight excluding hydrogens is 259 g/mol.